The first kappa shape index (κ1) is 14.7. The normalized spacial score (nSPS) is 26.6. The van der Waals surface area contributed by atoms with Crippen molar-refractivity contribution in [1.29, 1.82) is 0 Å². The van der Waals surface area contributed by atoms with Crippen LogP contribution < -0.4 is 28.9 Å². The number of nitrogens with one attached hydrogen (secondary N) is 1. The lowest BCUT2D eigenvalue weighted by Gasteiger charge is -2.35. The zero-order valence-corrected chi connectivity index (χ0v) is 12.9. The van der Waals surface area contributed by atoms with E-state index in [-0.39, 0.29) is 24.0 Å². The molecule has 0 aromatic heterocycles. The lowest BCUT2D eigenvalue weighted by Crippen LogP contribution is -3.12. The van der Waals surface area contributed by atoms with Gasteiger partial charge in [-0.15, -0.1) is 0 Å². The van der Waals surface area contributed by atoms with Crippen LogP contribution in [0.4, 0.5) is 0 Å². The highest BCUT2D eigenvalue weighted by atomic mass is 127. The highest BCUT2D eigenvalue weighted by molar-refractivity contribution is 4.74. The molecule has 0 aliphatic carbocycles. The third kappa shape index (κ3) is 4.47. The van der Waals surface area contributed by atoms with Gasteiger partial charge in [-0.2, -0.15) is 0 Å². The van der Waals surface area contributed by atoms with Crippen LogP contribution in [0.5, 0.6) is 0 Å². The molecule has 3 nitrogen and oxygen atoms in total. The summed E-state index contributed by atoms with van der Waals surface area (Å²) in [5, 5.41) is 0. The number of hydrogen-bond donors (Lipinski definition) is 1. The Kier molecular flexibility index (Phi) is 6.54. The molecule has 2 rings (SSSR count). The molecule has 0 unspecified atom stereocenters. The van der Waals surface area contributed by atoms with Gasteiger partial charge in [-0.05, 0) is 38.9 Å². The number of likely N-dealkylation sites (N-methyl/N-ethyl adjacent to an activating group) is 1. The van der Waals surface area contributed by atoms with Crippen molar-refractivity contribution in [2.75, 3.05) is 59.9 Å². The van der Waals surface area contributed by atoms with E-state index in [1.54, 1.807) is 4.90 Å². The predicted octanol–water partition coefficient (Wildman–Crippen LogP) is -3.84. The first-order valence-electron chi connectivity index (χ1n) is 6.46. The van der Waals surface area contributed by atoms with Crippen molar-refractivity contribution < 1.29 is 28.9 Å². The summed E-state index contributed by atoms with van der Waals surface area (Å²) in [4.78, 5) is 6.85. The Balaban J connectivity index is 0.00000128. The second-order valence-corrected chi connectivity index (χ2v) is 5.50. The Morgan fingerprint density at radius 2 is 1.62 bits per heavy atom. The van der Waals surface area contributed by atoms with Crippen LogP contribution in [0, 0.1) is 5.92 Å². The molecule has 0 bridgehead atoms. The van der Waals surface area contributed by atoms with E-state index in [0.29, 0.717) is 0 Å². The Bertz CT molecular complexity index is 165. The molecule has 96 valence electrons. The summed E-state index contributed by atoms with van der Waals surface area (Å²) in [6, 6.07) is 0. The van der Waals surface area contributed by atoms with Crippen LogP contribution in [0.3, 0.4) is 0 Å². The summed E-state index contributed by atoms with van der Waals surface area (Å²) in [6.07, 6.45) is 2.82. The van der Waals surface area contributed by atoms with Crippen LogP contribution in [-0.4, -0.2) is 69.7 Å². The van der Waals surface area contributed by atoms with E-state index in [1.807, 2.05) is 0 Å². The second-order valence-electron chi connectivity index (χ2n) is 5.50. The van der Waals surface area contributed by atoms with Crippen molar-refractivity contribution in [3.05, 3.63) is 0 Å². The first-order chi connectivity index (χ1) is 7.24. The Hall–Kier alpha value is 0.610. The molecule has 0 amide bonds. The highest BCUT2D eigenvalue weighted by Crippen LogP contribution is 2.17. The van der Waals surface area contributed by atoms with E-state index in [9.17, 15) is 0 Å². The predicted molar refractivity (Wildman–Crippen MR) is 63.3 cm³/mol. The molecule has 0 spiro atoms. The molecule has 0 atom stereocenters. The van der Waals surface area contributed by atoms with Gasteiger partial charge in [0.05, 0.1) is 20.1 Å². The number of hydrogen-bond acceptors (Lipinski definition) is 2. The standard InChI is InChI=1S/C12H25N3.HI/c1-13-5-3-12(4-6-13)11-15-9-7-14(2)8-10-15;/h12H,3-11H2,1-2H3;1H. The van der Waals surface area contributed by atoms with E-state index >= 15 is 0 Å². The molecule has 0 saturated carbocycles. The lowest BCUT2D eigenvalue weighted by molar-refractivity contribution is -0.884. The monoisotopic (exact) mass is 339 g/mol. The van der Waals surface area contributed by atoms with Crippen LogP contribution in [0.25, 0.3) is 0 Å². The zero-order chi connectivity index (χ0) is 10.7. The summed E-state index contributed by atoms with van der Waals surface area (Å²) >= 11 is 0. The van der Waals surface area contributed by atoms with Crippen molar-refractivity contribution >= 4 is 0 Å². The van der Waals surface area contributed by atoms with Gasteiger partial charge >= 0.3 is 0 Å². The Morgan fingerprint density at radius 3 is 2.19 bits per heavy atom. The van der Waals surface area contributed by atoms with Crippen LogP contribution in [0.1, 0.15) is 12.8 Å². The summed E-state index contributed by atoms with van der Waals surface area (Å²) < 4.78 is 0. The topological polar surface area (TPSA) is 10.9 Å². The summed E-state index contributed by atoms with van der Waals surface area (Å²) in [5.41, 5.74) is 0. The number of quaternary nitrogens is 1. The summed E-state index contributed by atoms with van der Waals surface area (Å²) in [7, 11) is 4.56. The van der Waals surface area contributed by atoms with E-state index in [0.717, 1.165) is 5.92 Å². The number of rotatable bonds is 2. The molecule has 0 radical (unpaired) electrons. The Morgan fingerprint density at radius 1 is 1.06 bits per heavy atom. The van der Waals surface area contributed by atoms with Crippen molar-refractivity contribution in [2.24, 2.45) is 5.92 Å². The third-order valence-corrected chi connectivity index (χ3v) is 4.06. The molecule has 1 N–H and O–H groups in total. The molecule has 2 fully saturated rings. The van der Waals surface area contributed by atoms with Gasteiger partial charge in [0, 0.05) is 19.6 Å². The SMILES string of the molecule is CN1CCC(CN2CC[NH+](C)CC2)CC1.[I-]. The first-order valence-corrected chi connectivity index (χ1v) is 6.46. The second kappa shape index (κ2) is 7.13. The van der Waals surface area contributed by atoms with Gasteiger partial charge in [0.2, 0.25) is 0 Å². The van der Waals surface area contributed by atoms with Gasteiger partial charge in [0.1, 0.15) is 0 Å². The number of likely N-dealkylation sites (tertiary alicyclic amines) is 1. The molecule has 0 aromatic rings. The number of halogens is 1. The van der Waals surface area contributed by atoms with Gasteiger partial charge < -0.3 is 33.8 Å². The molecule has 2 aliphatic rings. The largest absolute Gasteiger partial charge is 1.00 e. The van der Waals surface area contributed by atoms with E-state index in [4.69, 9.17) is 0 Å². The molecule has 16 heavy (non-hydrogen) atoms. The quantitative estimate of drug-likeness (QED) is 0.517. The van der Waals surface area contributed by atoms with Gasteiger partial charge in [-0.3, -0.25) is 4.90 Å². The highest BCUT2D eigenvalue weighted by Gasteiger charge is 2.22. The lowest BCUT2D eigenvalue weighted by atomic mass is 9.96. The minimum Gasteiger partial charge on any atom is -1.00 e. The minimum absolute atomic E-state index is 0. The average Bonchev–Trinajstić information content (AvgIpc) is 2.25. The van der Waals surface area contributed by atoms with Gasteiger partial charge in [-0.25, -0.2) is 0 Å². The molecular formula is C12H26IN3. The molecule has 4 heteroatoms. The number of piperazine rings is 1. The van der Waals surface area contributed by atoms with E-state index in [1.165, 1.54) is 58.7 Å². The Labute approximate surface area is 117 Å². The van der Waals surface area contributed by atoms with Crippen molar-refractivity contribution in [2.45, 2.75) is 12.8 Å². The van der Waals surface area contributed by atoms with Crippen molar-refractivity contribution in [1.82, 2.24) is 9.80 Å². The smallest absolute Gasteiger partial charge is 0.0898 e. The fraction of sp³-hybridized carbons (Fsp3) is 1.00. The maximum Gasteiger partial charge on any atom is 0.0898 e. The van der Waals surface area contributed by atoms with Gasteiger partial charge in [0.25, 0.3) is 0 Å². The maximum atomic E-state index is 2.68. The molecular weight excluding hydrogens is 313 g/mol. The van der Waals surface area contributed by atoms with E-state index < -0.39 is 0 Å². The van der Waals surface area contributed by atoms with Crippen LogP contribution >= 0.6 is 0 Å². The molecule has 0 aromatic carbocycles. The number of piperidine rings is 1. The summed E-state index contributed by atoms with van der Waals surface area (Å²) in [5.74, 6) is 0.972. The zero-order valence-electron chi connectivity index (χ0n) is 10.7. The average molecular weight is 339 g/mol. The fourth-order valence-corrected chi connectivity index (χ4v) is 2.73. The minimum atomic E-state index is 0. The summed E-state index contributed by atoms with van der Waals surface area (Å²) in [6.45, 7) is 9.30. The molecule has 2 saturated heterocycles. The third-order valence-electron chi connectivity index (χ3n) is 4.06. The molecule has 2 aliphatic heterocycles. The van der Waals surface area contributed by atoms with Crippen LogP contribution in [-0.2, 0) is 0 Å². The maximum absolute atomic E-state index is 2.68. The molecule has 2 heterocycles. The van der Waals surface area contributed by atoms with E-state index in [2.05, 4.69) is 23.9 Å². The van der Waals surface area contributed by atoms with Crippen LogP contribution in [0.2, 0.25) is 0 Å². The van der Waals surface area contributed by atoms with Gasteiger partial charge in [-0.1, -0.05) is 0 Å². The van der Waals surface area contributed by atoms with Crippen molar-refractivity contribution in [3.63, 3.8) is 0 Å². The number of nitrogens with zero attached hydrogens (tertiary/aromatic N) is 2. The van der Waals surface area contributed by atoms with Crippen LogP contribution in [0.15, 0.2) is 0 Å². The van der Waals surface area contributed by atoms with Gasteiger partial charge in [0.15, 0.2) is 0 Å². The van der Waals surface area contributed by atoms with Crippen molar-refractivity contribution in [3.8, 4) is 0 Å². The fourth-order valence-electron chi connectivity index (χ4n) is 2.73.